The highest BCUT2D eigenvalue weighted by molar-refractivity contribution is 7.80. The Balaban J connectivity index is 2.85. The molecule has 0 bridgehead atoms. The summed E-state index contributed by atoms with van der Waals surface area (Å²) in [6.07, 6.45) is 0.996. The predicted molar refractivity (Wildman–Crippen MR) is 86.6 cm³/mol. The SMILES string of the molecule is CCCN(CC(=O)N(C)C)Cc1ccccc1C(N)=S. The minimum Gasteiger partial charge on any atom is -0.389 e. The Morgan fingerprint density at radius 1 is 1.30 bits per heavy atom. The molecule has 110 valence electrons. The summed E-state index contributed by atoms with van der Waals surface area (Å²) in [7, 11) is 3.55. The van der Waals surface area contributed by atoms with Gasteiger partial charge in [-0.1, -0.05) is 43.4 Å². The van der Waals surface area contributed by atoms with Crippen molar-refractivity contribution in [2.45, 2.75) is 19.9 Å². The van der Waals surface area contributed by atoms with Crippen molar-refractivity contribution in [3.8, 4) is 0 Å². The molecular formula is C15H23N3OS. The van der Waals surface area contributed by atoms with Crippen molar-refractivity contribution < 1.29 is 4.79 Å². The quantitative estimate of drug-likeness (QED) is 0.776. The van der Waals surface area contributed by atoms with E-state index >= 15 is 0 Å². The largest absolute Gasteiger partial charge is 0.389 e. The molecule has 0 aliphatic heterocycles. The number of rotatable bonds is 7. The maximum atomic E-state index is 11.9. The van der Waals surface area contributed by atoms with E-state index in [1.54, 1.807) is 19.0 Å². The second kappa shape index (κ2) is 7.97. The average molecular weight is 293 g/mol. The van der Waals surface area contributed by atoms with Crippen LogP contribution in [0.2, 0.25) is 0 Å². The zero-order valence-electron chi connectivity index (χ0n) is 12.4. The molecule has 0 aliphatic carbocycles. The fourth-order valence-corrected chi connectivity index (χ4v) is 2.20. The lowest BCUT2D eigenvalue weighted by atomic mass is 10.1. The van der Waals surface area contributed by atoms with Crippen LogP contribution in [0.1, 0.15) is 24.5 Å². The van der Waals surface area contributed by atoms with Gasteiger partial charge in [0.15, 0.2) is 0 Å². The van der Waals surface area contributed by atoms with Gasteiger partial charge < -0.3 is 10.6 Å². The van der Waals surface area contributed by atoms with Crippen molar-refractivity contribution in [2.75, 3.05) is 27.2 Å². The van der Waals surface area contributed by atoms with E-state index in [1.807, 2.05) is 24.3 Å². The van der Waals surface area contributed by atoms with E-state index in [4.69, 9.17) is 18.0 Å². The molecule has 20 heavy (non-hydrogen) atoms. The third-order valence-corrected chi connectivity index (χ3v) is 3.29. The Bertz CT molecular complexity index is 474. The molecule has 2 N–H and O–H groups in total. The van der Waals surface area contributed by atoms with Crippen LogP contribution in [0.25, 0.3) is 0 Å². The van der Waals surface area contributed by atoms with Crippen LogP contribution in [-0.2, 0) is 11.3 Å². The standard InChI is InChI=1S/C15H23N3OS/c1-4-9-18(11-14(19)17(2)3)10-12-7-5-6-8-13(12)15(16)20/h5-8H,4,9-11H2,1-3H3,(H2,16,20). The molecule has 1 amide bonds. The van der Waals surface area contributed by atoms with E-state index in [0.29, 0.717) is 18.1 Å². The van der Waals surface area contributed by atoms with Crippen LogP contribution < -0.4 is 5.73 Å². The molecule has 0 radical (unpaired) electrons. The first-order chi connectivity index (χ1) is 9.45. The lowest BCUT2D eigenvalue weighted by molar-refractivity contribution is -0.130. The van der Waals surface area contributed by atoms with Gasteiger partial charge in [-0.2, -0.15) is 0 Å². The summed E-state index contributed by atoms with van der Waals surface area (Å²) in [6, 6.07) is 7.83. The van der Waals surface area contributed by atoms with Crippen LogP contribution in [0.4, 0.5) is 0 Å². The zero-order valence-corrected chi connectivity index (χ0v) is 13.2. The third-order valence-electron chi connectivity index (χ3n) is 3.07. The van der Waals surface area contributed by atoms with Crippen LogP contribution in [0.15, 0.2) is 24.3 Å². The Hall–Kier alpha value is -1.46. The second-order valence-corrected chi connectivity index (χ2v) is 5.46. The van der Waals surface area contributed by atoms with Gasteiger partial charge in [0.2, 0.25) is 5.91 Å². The first-order valence-electron chi connectivity index (χ1n) is 6.76. The van der Waals surface area contributed by atoms with Gasteiger partial charge >= 0.3 is 0 Å². The van der Waals surface area contributed by atoms with Gasteiger partial charge in [-0.05, 0) is 18.5 Å². The summed E-state index contributed by atoms with van der Waals surface area (Å²) in [5, 5.41) is 0. The Kier molecular flexibility index (Phi) is 6.61. The van der Waals surface area contributed by atoms with Gasteiger partial charge in [0.25, 0.3) is 0 Å². The van der Waals surface area contributed by atoms with E-state index < -0.39 is 0 Å². The van der Waals surface area contributed by atoms with Gasteiger partial charge in [0, 0.05) is 26.2 Å². The maximum absolute atomic E-state index is 11.9. The topological polar surface area (TPSA) is 49.6 Å². The Morgan fingerprint density at radius 3 is 2.50 bits per heavy atom. The molecule has 0 spiro atoms. The summed E-state index contributed by atoms with van der Waals surface area (Å²) in [6.45, 7) is 4.06. The molecule has 0 saturated heterocycles. The highest BCUT2D eigenvalue weighted by Gasteiger charge is 2.14. The number of hydrogen-bond donors (Lipinski definition) is 1. The number of nitrogens with zero attached hydrogens (tertiary/aromatic N) is 2. The van der Waals surface area contributed by atoms with Crippen molar-refractivity contribution >= 4 is 23.1 Å². The highest BCUT2D eigenvalue weighted by Crippen LogP contribution is 2.12. The van der Waals surface area contributed by atoms with Gasteiger partial charge in [0.1, 0.15) is 4.99 Å². The number of carbonyl (C=O) groups is 1. The number of amides is 1. The molecule has 0 unspecified atom stereocenters. The van der Waals surface area contributed by atoms with Crippen molar-refractivity contribution in [2.24, 2.45) is 5.73 Å². The van der Waals surface area contributed by atoms with E-state index in [9.17, 15) is 4.79 Å². The predicted octanol–water partition coefficient (Wildman–Crippen LogP) is 1.62. The first kappa shape index (κ1) is 16.6. The molecule has 0 aliphatic rings. The normalized spacial score (nSPS) is 10.6. The molecule has 0 fully saturated rings. The van der Waals surface area contributed by atoms with E-state index in [0.717, 1.165) is 24.1 Å². The van der Waals surface area contributed by atoms with Crippen LogP contribution in [0.5, 0.6) is 0 Å². The lowest BCUT2D eigenvalue weighted by Gasteiger charge is -2.24. The summed E-state index contributed by atoms with van der Waals surface area (Å²) >= 11 is 5.08. The molecule has 5 heteroatoms. The van der Waals surface area contributed by atoms with Crippen molar-refractivity contribution in [3.05, 3.63) is 35.4 Å². The number of likely N-dealkylation sites (N-methyl/N-ethyl adjacent to an activating group) is 1. The fraction of sp³-hybridized carbons (Fsp3) is 0.467. The Morgan fingerprint density at radius 2 is 1.95 bits per heavy atom. The lowest BCUT2D eigenvalue weighted by Crippen LogP contribution is -2.37. The van der Waals surface area contributed by atoms with E-state index in [-0.39, 0.29) is 5.91 Å². The third kappa shape index (κ3) is 4.90. The molecule has 0 heterocycles. The molecule has 1 aromatic rings. The smallest absolute Gasteiger partial charge is 0.236 e. The zero-order chi connectivity index (χ0) is 15.1. The summed E-state index contributed by atoms with van der Waals surface area (Å²) in [5.41, 5.74) is 7.71. The first-order valence-corrected chi connectivity index (χ1v) is 7.16. The molecule has 4 nitrogen and oxygen atoms in total. The molecule has 0 atom stereocenters. The van der Waals surface area contributed by atoms with Crippen LogP contribution in [0, 0.1) is 0 Å². The summed E-state index contributed by atoms with van der Waals surface area (Å²) < 4.78 is 0. The van der Waals surface area contributed by atoms with E-state index in [1.165, 1.54) is 0 Å². The van der Waals surface area contributed by atoms with Crippen molar-refractivity contribution in [3.63, 3.8) is 0 Å². The highest BCUT2D eigenvalue weighted by atomic mass is 32.1. The minimum atomic E-state index is 0.103. The van der Waals surface area contributed by atoms with Crippen molar-refractivity contribution in [1.82, 2.24) is 9.80 Å². The van der Waals surface area contributed by atoms with Gasteiger partial charge in [-0.3, -0.25) is 9.69 Å². The summed E-state index contributed by atoms with van der Waals surface area (Å²) in [5.74, 6) is 0.103. The van der Waals surface area contributed by atoms with Gasteiger partial charge in [-0.25, -0.2) is 0 Å². The number of hydrogen-bond acceptors (Lipinski definition) is 3. The summed E-state index contributed by atoms with van der Waals surface area (Å²) in [4.78, 5) is 16.0. The van der Waals surface area contributed by atoms with Crippen LogP contribution >= 0.6 is 12.2 Å². The number of nitrogens with two attached hydrogens (primary N) is 1. The minimum absolute atomic E-state index is 0.103. The van der Waals surface area contributed by atoms with Crippen LogP contribution in [0.3, 0.4) is 0 Å². The maximum Gasteiger partial charge on any atom is 0.236 e. The van der Waals surface area contributed by atoms with Gasteiger partial charge in [0.05, 0.1) is 6.54 Å². The van der Waals surface area contributed by atoms with Crippen LogP contribution in [-0.4, -0.2) is 47.9 Å². The molecule has 1 aromatic carbocycles. The molecule has 0 aromatic heterocycles. The second-order valence-electron chi connectivity index (χ2n) is 5.02. The number of carbonyl (C=O) groups excluding carboxylic acids is 1. The monoisotopic (exact) mass is 293 g/mol. The number of benzene rings is 1. The van der Waals surface area contributed by atoms with E-state index in [2.05, 4.69) is 11.8 Å². The molecular weight excluding hydrogens is 270 g/mol. The number of thiocarbonyl (C=S) groups is 1. The Labute approximate surface area is 126 Å². The average Bonchev–Trinajstić information content (AvgIpc) is 2.39. The van der Waals surface area contributed by atoms with Crippen molar-refractivity contribution in [1.29, 1.82) is 0 Å². The molecule has 0 saturated carbocycles. The fourth-order valence-electron chi connectivity index (χ4n) is 2.00. The molecule has 1 rings (SSSR count). The van der Waals surface area contributed by atoms with Gasteiger partial charge in [-0.15, -0.1) is 0 Å².